The molecular weight excluding hydrogens is 465 g/mol. The lowest BCUT2D eigenvalue weighted by Gasteiger charge is -2.38. The van der Waals surface area contributed by atoms with Crippen LogP contribution in [-0.4, -0.2) is 54.4 Å². The number of H-pyrrole nitrogens is 2. The summed E-state index contributed by atoms with van der Waals surface area (Å²) in [5.74, 6) is -3.94. The van der Waals surface area contributed by atoms with Crippen LogP contribution in [0.25, 0.3) is 16.9 Å². The number of hydrogen-bond donors (Lipinski definition) is 2. The number of aromatic amines is 2. The maximum Gasteiger partial charge on any atom is 0.325 e. The van der Waals surface area contributed by atoms with Gasteiger partial charge >= 0.3 is 5.69 Å². The van der Waals surface area contributed by atoms with E-state index in [0.717, 1.165) is 27.6 Å². The average molecular weight is 482 g/mol. The molecule has 1 aromatic carbocycles. The molecule has 0 spiro atoms. The molecule has 4 heterocycles. The van der Waals surface area contributed by atoms with Crippen LogP contribution in [0.2, 0.25) is 0 Å². The van der Waals surface area contributed by atoms with Crippen LogP contribution in [0.3, 0.4) is 0 Å². The van der Waals surface area contributed by atoms with E-state index in [9.17, 15) is 27.6 Å². The van der Waals surface area contributed by atoms with Crippen molar-refractivity contribution in [2.24, 2.45) is 0 Å². The number of carbonyl (C=O) groups is 1. The first-order valence-electron chi connectivity index (χ1n) is 10.8. The summed E-state index contributed by atoms with van der Waals surface area (Å²) in [7, 11) is 0. The Kier molecular flexibility index (Phi) is 4.50. The maximum atomic E-state index is 14.4. The van der Waals surface area contributed by atoms with Gasteiger partial charge in [-0.05, 0) is 42.0 Å². The molecule has 12 heteroatoms. The second-order valence-corrected chi connectivity index (χ2v) is 8.87. The highest BCUT2D eigenvalue weighted by molar-refractivity contribution is 5.95. The third-order valence-corrected chi connectivity index (χ3v) is 6.46. The molecule has 0 bridgehead atoms. The maximum absolute atomic E-state index is 14.4. The van der Waals surface area contributed by atoms with Crippen LogP contribution in [-0.2, 0) is 0 Å². The van der Waals surface area contributed by atoms with Gasteiger partial charge < -0.3 is 9.88 Å². The largest absolute Gasteiger partial charge is 0.326 e. The van der Waals surface area contributed by atoms with Crippen LogP contribution in [0.1, 0.15) is 39.7 Å². The van der Waals surface area contributed by atoms with Crippen molar-refractivity contribution < 1.29 is 18.0 Å². The Morgan fingerprint density at radius 3 is 2.54 bits per heavy atom. The fraction of sp³-hybridized carbons (Fsp3) is 0.261. The summed E-state index contributed by atoms with van der Waals surface area (Å²) in [4.78, 5) is 45.8. The van der Waals surface area contributed by atoms with Crippen LogP contribution in [0.5, 0.6) is 0 Å². The van der Waals surface area contributed by atoms with Gasteiger partial charge in [-0.3, -0.25) is 14.6 Å². The first-order valence-corrected chi connectivity index (χ1v) is 10.8. The van der Waals surface area contributed by atoms with Gasteiger partial charge in [-0.25, -0.2) is 18.6 Å². The summed E-state index contributed by atoms with van der Waals surface area (Å²) in [5, 5.41) is 4.18. The molecule has 2 N–H and O–H groups in total. The van der Waals surface area contributed by atoms with Crippen molar-refractivity contribution in [1.82, 2.24) is 29.5 Å². The number of halogens is 3. The molecule has 6 rings (SSSR count). The predicted molar refractivity (Wildman–Crippen MR) is 117 cm³/mol. The molecule has 4 aromatic rings. The molecule has 178 valence electrons. The smallest absolute Gasteiger partial charge is 0.325 e. The molecule has 1 aliphatic carbocycles. The number of hydrogen-bond acceptors (Lipinski definition) is 5. The Balaban J connectivity index is 1.30. The van der Waals surface area contributed by atoms with Crippen molar-refractivity contribution in [2.45, 2.75) is 24.2 Å². The Morgan fingerprint density at radius 1 is 1.11 bits per heavy atom. The lowest BCUT2D eigenvalue weighted by molar-refractivity contribution is -0.113. The second-order valence-electron chi connectivity index (χ2n) is 8.87. The van der Waals surface area contributed by atoms with E-state index in [1.54, 1.807) is 30.3 Å². The molecule has 35 heavy (non-hydrogen) atoms. The minimum Gasteiger partial charge on any atom is -0.326 e. The third-order valence-electron chi connectivity index (χ3n) is 6.46. The predicted octanol–water partition coefficient (Wildman–Crippen LogP) is 2.27. The minimum atomic E-state index is -2.82. The van der Waals surface area contributed by atoms with Gasteiger partial charge in [0.15, 0.2) is 5.65 Å². The molecule has 1 saturated carbocycles. The second kappa shape index (κ2) is 7.39. The molecule has 2 fully saturated rings. The number of benzene rings is 1. The monoisotopic (exact) mass is 482 g/mol. The van der Waals surface area contributed by atoms with Gasteiger partial charge in [-0.1, -0.05) is 12.1 Å². The normalized spacial score (nSPS) is 20.6. The highest BCUT2D eigenvalue weighted by atomic mass is 19.3. The Labute approximate surface area is 194 Å². The topological polar surface area (TPSA) is 116 Å². The standard InChI is InChI=1S/C23H17F3N6O3/c24-18-8-27-19-15(6-17(30-32(18)19)16-7-28-22(35)29-20(16)33)14-5-13(14)11-1-3-12(4-2-11)21(34)31-9-23(25,26)10-31/h1-4,6-8,13-14H,5,9-10H2,(H2,28,29,33,35)/t13-,14+/m0/s1. The van der Waals surface area contributed by atoms with E-state index in [2.05, 4.69) is 20.1 Å². The summed E-state index contributed by atoms with van der Waals surface area (Å²) < 4.78 is 41.5. The zero-order valence-corrected chi connectivity index (χ0v) is 18.0. The molecule has 1 aliphatic heterocycles. The van der Waals surface area contributed by atoms with Crippen molar-refractivity contribution in [2.75, 3.05) is 13.1 Å². The number of likely N-dealkylation sites (tertiary alicyclic amines) is 1. The van der Waals surface area contributed by atoms with Gasteiger partial charge in [0.2, 0.25) is 5.95 Å². The lowest BCUT2D eigenvalue weighted by atomic mass is 10.0. The SMILES string of the molecule is O=C(c1ccc([C@@H]2C[C@H]2c2cc(-c3c[nH]c(=O)[nH]c3=O)nn3c(F)cnc23)cc1)N1CC(F)(F)C1. The number of nitrogens with zero attached hydrogens (tertiary/aromatic N) is 4. The van der Waals surface area contributed by atoms with E-state index in [0.29, 0.717) is 16.8 Å². The van der Waals surface area contributed by atoms with Gasteiger partial charge in [0.25, 0.3) is 17.4 Å². The molecule has 1 amide bonds. The number of rotatable bonds is 4. The van der Waals surface area contributed by atoms with Gasteiger partial charge in [0, 0.05) is 17.3 Å². The number of aromatic nitrogens is 5. The molecule has 9 nitrogen and oxygen atoms in total. The van der Waals surface area contributed by atoms with E-state index >= 15 is 0 Å². The number of imidazole rings is 1. The van der Waals surface area contributed by atoms with E-state index in [-0.39, 0.29) is 23.1 Å². The average Bonchev–Trinajstić information content (AvgIpc) is 3.52. The molecule has 2 aliphatic rings. The van der Waals surface area contributed by atoms with Crippen molar-refractivity contribution in [3.05, 3.63) is 86.2 Å². The summed E-state index contributed by atoms with van der Waals surface area (Å²) in [6.45, 7) is -1.14. The quantitative estimate of drug-likeness (QED) is 0.463. The van der Waals surface area contributed by atoms with E-state index < -0.39 is 42.1 Å². The number of carbonyl (C=O) groups excluding carboxylic acids is 1. The molecular formula is C23H17F3N6O3. The van der Waals surface area contributed by atoms with Crippen LogP contribution >= 0.6 is 0 Å². The molecule has 2 atom stereocenters. The number of amides is 1. The van der Waals surface area contributed by atoms with Crippen LogP contribution < -0.4 is 11.2 Å². The lowest BCUT2D eigenvalue weighted by Crippen LogP contribution is -2.58. The highest BCUT2D eigenvalue weighted by Crippen LogP contribution is 2.55. The summed E-state index contributed by atoms with van der Waals surface area (Å²) >= 11 is 0. The summed E-state index contributed by atoms with van der Waals surface area (Å²) in [6, 6.07) is 8.47. The highest BCUT2D eigenvalue weighted by Gasteiger charge is 2.46. The van der Waals surface area contributed by atoms with Crippen molar-refractivity contribution >= 4 is 11.6 Å². The van der Waals surface area contributed by atoms with Gasteiger partial charge in [0.05, 0.1) is 30.5 Å². The van der Waals surface area contributed by atoms with Crippen molar-refractivity contribution in [3.8, 4) is 11.3 Å². The first-order chi connectivity index (χ1) is 16.7. The van der Waals surface area contributed by atoms with Gasteiger partial charge in [0.1, 0.15) is 0 Å². The Morgan fingerprint density at radius 2 is 1.86 bits per heavy atom. The fourth-order valence-corrected chi connectivity index (χ4v) is 4.59. The number of nitrogens with one attached hydrogen (secondary N) is 2. The third kappa shape index (κ3) is 3.61. The van der Waals surface area contributed by atoms with Crippen LogP contribution in [0, 0.1) is 5.95 Å². The number of fused-ring (bicyclic) bond motifs is 1. The zero-order valence-electron chi connectivity index (χ0n) is 18.0. The number of alkyl halides is 2. The van der Waals surface area contributed by atoms with Crippen molar-refractivity contribution in [1.29, 1.82) is 0 Å². The van der Waals surface area contributed by atoms with Gasteiger partial charge in [-0.15, -0.1) is 0 Å². The fourth-order valence-electron chi connectivity index (χ4n) is 4.59. The summed E-state index contributed by atoms with van der Waals surface area (Å²) in [6.07, 6.45) is 2.99. The molecule has 1 saturated heterocycles. The minimum absolute atomic E-state index is 0.0430. The van der Waals surface area contributed by atoms with E-state index in [1.165, 1.54) is 6.20 Å². The van der Waals surface area contributed by atoms with Crippen LogP contribution in [0.4, 0.5) is 13.2 Å². The summed E-state index contributed by atoms with van der Waals surface area (Å²) in [5.41, 5.74) is 1.23. The molecule has 0 unspecified atom stereocenters. The Hall–Kier alpha value is -4.22. The van der Waals surface area contributed by atoms with E-state index in [4.69, 9.17) is 0 Å². The molecule has 0 radical (unpaired) electrons. The first kappa shape index (κ1) is 21.3. The molecule has 3 aromatic heterocycles. The van der Waals surface area contributed by atoms with E-state index in [1.807, 2.05) is 0 Å². The Bertz CT molecular complexity index is 1600. The van der Waals surface area contributed by atoms with Gasteiger partial charge in [-0.2, -0.15) is 14.0 Å². The van der Waals surface area contributed by atoms with Crippen molar-refractivity contribution in [3.63, 3.8) is 0 Å². The zero-order chi connectivity index (χ0) is 24.5. The van der Waals surface area contributed by atoms with Crippen LogP contribution in [0.15, 0.2) is 52.3 Å².